The van der Waals surface area contributed by atoms with Crippen LogP contribution in [0.5, 0.6) is 0 Å². The molecule has 0 saturated carbocycles. The molecule has 0 aliphatic heterocycles. The van der Waals surface area contributed by atoms with Crippen LogP contribution in [0.4, 0.5) is 0 Å². The van der Waals surface area contributed by atoms with Crippen LogP contribution in [0.2, 0.25) is 0 Å². The van der Waals surface area contributed by atoms with Crippen LogP contribution in [0, 0.1) is 0 Å². The third kappa shape index (κ3) is 6.68. The van der Waals surface area contributed by atoms with E-state index in [1.807, 2.05) is 6.26 Å². The molecule has 0 fully saturated rings. The molecule has 0 rings (SSSR count). The lowest BCUT2D eigenvalue weighted by atomic mass is 10.2. The molecule has 5 nitrogen and oxygen atoms in total. The molecular formula is C10H20N2O3S. The Morgan fingerprint density at radius 1 is 1.38 bits per heavy atom. The number of thioether (sulfide) groups is 1. The van der Waals surface area contributed by atoms with E-state index in [2.05, 4.69) is 10.8 Å². The normalized spacial score (nSPS) is 11.9. The van der Waals surface area contributed by atoms with E-state index in [0.717, 1.165) is 5.75 Å². The minimum Gasteiger partial charge on any atom is -0.344 e. The number of hydroxylamine groups is 1. The van der Waals surface area contributed by atoms with Crippen LogP contribution in [0.3, 0.4) is 0 Å². The van der Waals surface area contributed by atoms with Crippen LogP contribution in [0.1, 0.15) is 26.7 Å². The molecule has 6 heteroatoms. The molecule has 2 amide bonds. The standard InChI is InChI=1S/C10H20N2O3S/c1-4-9(13)11-8(6-7-16-3)10(14)12-15-5-2/h8H,4-7H2,1-3H3,(H,11,13)(H,12,14). The fraction of sp³-hybridized carbons (Fsp3) is 0.800. The zero-order valence-corrected chi connectivity index (χ0v) is 10.9. The highest BCUT2D eigenvalue weighted by Crippen LogP contribution is 2.01. The summed E-state index contributed by atoms with van der Waals surface area (Å²) >= 11 is 1.63. The van der Waals surface area contributed by atoms with Crippen LogP contribution in [0.15, 0.2) is 0 Å². The first-order valence-electron chi connectivity index (χ1n) is 5.35. The number of hydrogen-bond donors (Lipinski definition) is 2. The second kappa shape index (κ2) is 9.47. The van der Waals surface area contributed by atoms with Gasteiger partial charge in [0.1, 0.15) is 6.04 Å². The zero-order valence-electron chi connectivity index (χ0n) is 10.0. The Kier molecular flexibility index (Phi) is 9.03. The van der Waals surface area contributed by atoms with Crippen molar-refractivity contribution in [2.45, 2.75) is 32.7 Å². The van der Waals surface area contributed by atoms with Crippen molar-refractivity contribution in [2.75, 3.05) is 18.6 Å². The van der Waals surface area contributed by atoms with Crippen molar-refractivity contribution in [3.8, 4) is 0 Å². The highest BCUT2D eigenvalue weighted by Gasteiger charge is 2.19. The third-order valence-electron chi connectivity index (χ3n) is 1.90. The Labute approximate surface area is 101 Å². The van der Waals surface area contributed by atoms with Crippen LogP contribution in [-0.4, -0.2) is 36.5 Å². The molecule has 0 heterocycles. The van der Waals surface area contributed by atoms with Crippen molar-refractivity contribution in [3.63, 3.8) is 0 Å². The SMILES string of the molecule is CCONC(=O)C(CCSC)NC(=O)CC. The predicted octanol–water partition coefficient (Wildman–Crippen LogP) is 0.702. The lowest BCUT2D eigenvalue weighted by Crippen LogP contribution is -2.46. The van der Waals surface area contributed by atoms with E-state index in [0.29, 0.717) is 19.4 Å². The molecule has 0 radical (unpaired) electrons. The average molecular weight is 248 g/mol. The van der Waals surface area contributed by atoms with E-state index >= 15 is 0 Å². The van der Waals surface area contributed by atoms with Crippen molar-refractivity contribution in [1.29, 1.82) is 0 Å². The largest absolute Gasteiger partial charge is 0.344 e. The maximum Gasteiger partial charge on any atom is 0.266 e. The Balaban J connectivity index is 4.17. The summed E-state index contributed by atoms with van der Waals surface area (Å²) in [6.07, 6.45) is 2.93. The van der Waals surface area contributed by atoms with Gasteiger partial charge >= 0.3 is 0 Å². The highest BCUT2D eigenvalue weighted by atomic mass is 32.2. The van der Waals surface area contributed by atoms with Crippen LogP contribution < -0.4 is 10.8 Å². The van der Waals surface area contributed by atoms with Gasteiger partial charge in [0.2, 0.25) is 5.91 Å². The molecule has 0 aliphatic carbocycles. The number of nitrogens with one attached hydrogen (secondary N) is 2. The predicted molar refractivity (Wildman–Crippen MR) is 65.0 cm³/mol. The molecule has 1 atom stereocenters. The molecule has 0 aromatic heterocycles. The molecule has 2 N–H and O–H groups in total. The van der Waals surface area contributed by atoms with Gasteiger partial charge in [0.05, 0.1) is 6.61 Å². The summed E-state index contributed by atoms with van der Waals surface area (Å²) in [5.74, 6) is 0.393. The van der Waals surface area contributed by atoms with Gasteiger partial charge in [-0.25, -0.2) is 5.48 Å². The number of carbonyl (C=O) groups excluding carboxylic acids is 2. The van der Waals surface area contributed by atoms with E-state index in [1.165, 1.54) is 0 Å². The average Bonchev–Trinajstić information content (AvgIpc) is 2.30. The minimum absolute atomic E-state index is 0.127. The van der Waals surface area contributed by atoms with Gasteiger partial charge in [-0.15, -0.1) is 0 Å². The molecule has 0 bridgehead atoms. The van der Waals surface area contributed by atoms with Crippen molar-refractivity contribution in [2.24, 2.45) is 0 Å². The summed E-state index contributed by atoms with van der Waals surface area (Å²) in [7, 11) is 0. The summed E-state index contributed by atoms with van der Waals surface area (Å²) in [4.78, 5) is 27.6. The molecule has 0 saturated heterocycles. The van der Waals surface area contributed by atoms with Crippen molar-refractivity contribution < 1.29 is 14.4 Å². The molecule has 16 heavy (non-hydrogen) atoms. The molecule has 0 spiro atoms. The van der Waals surface area contributed by atoms with Gasteiger partial charge in [0.25, 0.3) is 5.91 Å². The molecule has 94 valence electrons. The number of rotatable bonds is 8. The minimum atomic E-state index is -0.508. The smallest absolute Gasteiger partial charge is 0.266 e. The fourth-order valence-corrected chi connectivity index (χ4v) is 1.49. The molecule has 0 aromatic carbocycles. The summed E-state index contributed by atoms with van der Waals surface area (Å²) in [6.45, 7) is 3.94. The maximum absolute atomic E-state index is 11.6. The Hall–Kier alpha value is -0.750. The first-order valence-corrected chi connectivity index (χ1v) is 6.75. The highest BCUT2D eigenvalue weighted by molar-refractivity contribution is 7.98. The van der Waals surface area contributed by atoms with Gasteiger partial charge < -0.3 is 5.32 Å². The van der Waals surface area contributed by atoms with Gasteiger partial charge in [-0.3, -0.25) is 14.4 Å². The van der Waals surface area contributed by atoms with Gasteiger partial charge in [-0.05, 0) is 25.4 Å². The molecule has 1 unspecified atom stereocenters. The van der Waals surface area contributed by atoms with E-state index in [9.17, 15) is 9.59 Å². The topological polar surface area (TPSA) is 67.4 Å². The first-order chi connectivity index (χ1) is 7.65. The maximum atomic E-state index is 11.6. The Morgan fingerprint density at radius 2 is 2.06 bits per heavy atom. The first kappa shape index (κ1) is 15.2. The van der Waals surface area contributed by atoms with Gasteiger partial charge in [0, 0.05) is 6.42 Å². The molecular weight excluding hydrogens is 228 g/mol. The monoisotopic (exact) mass is 248 g/mol. The van der Waals surface area contributed by atoms with E-state index in [1.54, 1.807) is 25.6 Å². The fourth-order valence-electron chi connectivity index (χ4n) is 1.02. The Bertz CT molecular complexity index is 224. The van der Waals surface area contributed by atoms with Gasteiger partial charge in [0.15, 0.2) is 0 Å². The van der Waals surface area contributed by atoms with Crippen molar-refractivity contribution in [3.05, 3.63) is 0 Å². The zero-order chi connectivity index (χ0) is 12.4. The van der Waals surface area contributed by atoms with Crippen molar-refractivity contribution >= 4 is 23.6 Å². The number of carbonyl (C=O) groups is 2. The quantitative estimate of drug-likeness (QED) is 0.621. The Morgan fingerprint density at radius 3 is 2.56 bits per heavy atom. The summed E-state index contributed by atoms with van der Waals surface area (Å²) in [5, 5.41) is 2.67. The van der Waals surface area contributed by atoms with Crippen molar-refractivity contribution in [1.82, 2.24) is 10.8 Å². The summed E-state index contributed by atoms with van der Waals surface area (Å²) in [6, 6.07) is -0.508. The lowest BCUT2D eigenvalue weighted by molar-refractivity contribution is -0.138. The molecule has 0 aliphatic rings. The summed E-state index contributed by atoms with van der Waals surface area (Å²) < 4.78 is 0. The number of hydrogen-bond acceptors (Lipinski definition) is 4. The van der Waals surface area contributed by atoms with E-state index in [4.69, 9.17) is 4.84 Å². The van der Waals surface area contributed by atoms with Gasteiger partial charge in [-0.1, -0.05) is 6.92 Å². The van der Waals surface area contributed by atoms with Crippen LogP contribution in [-0.2, 0) is 14.4 Å². The lowest BCUT2D eigenvalue weighted by Gasteiger charge is -2.17. The van der Waals surface area contributed by atoms with E-state index < -0.39 is 6.04 Å². The van der Waals surface area contributed by atoms with Gasteiger partial charge in [-0.2, -0.15) is 11.8 Å². The third-order valence-corrected chi connectivity index (χ3v) is 2.54. The van der Waals surface area contributed by atoms with E-state index in [-0.39, 0.29) is 11.8 Å². The molecule has 0 aromatic rings. The second-order valence-corrected chi connectivity index (χ2v) is 4.14. The second-order valence-electron chi connectivity index (χ2n) is 3.15. The summed E-state index contributed by atoms with van der Waals surface area (Å²) in [5.41, 5.74) is 2.31. The number of amides is 2. The van der Waals surface area contributed by atoms with Crippen LogP contribution in [0.25, 0.3) is 0 Å². The van der Waals surface area contributed by atoms with Crippen LogP contribution >= 0.6 is 11.8 Å².